The lowest BCUT2D eigenvalue weighted by molar-refractivity contribution is 0.0932. The molecule has 3 aromatic rings. The highest BCUT2D eigenvalue weighted by molar-refractivity contribution is 5.94. The third kappa shape index (κ3) is 4.23. The van der Waals surface area contributed by atoms with Crippen LogP contribution in [-0.4, -0.2) is 27.1 Å². The van der Waals surface area contributed by atoms with Crippen molar-refractivity contribution in [3.63, 3.8) is 0 Å². The van der Waals surface area contributed by atoms with Crippen LogP contribution in [0, 0.1) is 5.41 Å². The van der Waals surface area contributed by atoms with Crippen LogP contribution in [0.15, 0.2) is 42.9 Å². The summed E-state index contributed by atoms with van der Waals surface area (Å²) in [5.74, 6) is 0.175. The second kappa shape index (κ2) is 8.49. The summed E-state index contributed by atoms with van der Waals surface area (Å²) in [6.07, 6.45) is 7.05. The Balaban J connectivity index is 1.57. The molecule has 0 aliphatic heterocycles. The first-order valence-electron chi connectivity index (χ1n) is 10.8. The van der Waals surface area contributed by atoms with Crippen LogP contribution in [0.1, 0.15) is 72.4 Å². The Morgan fingerprint density at radius 1 is 1.19 bits per heavy atom. The van der Waals surface area contributed by atoms with E-state index in [-0.39, 0.29) is 17.4 Å². The maximum atomic E-state index is 12.9. The Bertz CT molecular complexity index is 1160. The lowest BCUT2D eigenvalue weighted by atomic mass is 9.85. The molecule has 4 rings (SSSR count). The molecular weight excluding hydrogens is 400 g/mol. The molecule has 164 valence electrons. The molecule has 0 radical (unpaired) electrons. The summed E-state index contributed by atoms with van der Waals surface area (Å²) in [6.45, 7) is 6.30. The van der Waals surface area contributed by atoms with Crippen molar-refractivity contribution < 1.29 is 4.79 Å². The number of fused-ring (bicyclic) bond motifs is 1. The molecule has 0 fully saturated rings. The predicted octanol–water partition coefficient (Wildman–Crippen LogP) is 4.22. The number of hydrogen-bond acceptors (Lipinski definition) is 6. The van der Waals surface area contributed by atoms with E-state index in [1.807, 2.05) is 24.3 Å². The number of nitrogens with one attached hydrogen (secondary N) is 2. The van der Waals surface area contributed by atoms with Crippen molar-refractivity contribution >= 4 is 17.9 Å². The minimum atomic E-state index is -0.116. The van der Waals surface area contributed by atoms with E-state index in [0.29, 0.717) is 22.6 Å². The van der Waals surface area contributed by atoms with Crippen LogP contribution in [-0.2, 0) is 11.8 Å². The topological polar surface area (TPSA) is 118 Å². The molecule has 2 aromatic heterocycles. The largest absolute Gasteiger partial charge is 0.383 e. The zero-order chi connectivity index (χ0) is 22.9. The predicted molar refractivity (Wildman–Crippen MR) is 126 cm³/mol. The maximum absolute atomic E-state index is 12.9. The summed E-state index contributed by atoms with van der Waals surface area (Å²) in [5.41, 5.74) is 11.7. The molecule has 1 aliphatic rings. The van der Waals surface area contributed by atoms with Crippen molar-refractivity contribution in [1.29, 1.82) is 5.41 Å². The number of carbonyl (C=O) groups is 1. The molecule has 1 aliphatic carbocycles. The van der Waals surface area contributed by atoms with Crippen molar-refractivity contribution in [3.8, 4) is 11.3 Å². The molecule has 1 amide bonds. The van der Waals surface area contributed by atoms with Crippen LogP contribution >= 0.6 is 0 Å². The fourth-order valence-electron chi connectivity index (χ4n) is 4.11. The zero-order valence-electron chi connectivity index (χ0n) is 18.6. The molecule has 7 nitrogen and oxygen atoms in total. The van der Waals surface area contributed by atoms with Gasteiger partial charge in [0.2, 0.25) is 0 Å². The summed E-state index contributed by atoms with van der Waals surface area (Å²) >= 11 is 0. The fourth-order valence-corrected chi connectivity index (χ4v) is 4.11. The molecule has 4 N–H and O–H groups in total. The zero-order valence-corrected chi connectivity index (χ0v) is 18.6. The van der Waals surface area contributed by atoms with Gasteiger partial charge in [-0.15, -0.1) is 0 Å². The molecule has 2 heterocycles. The first-order valence-corrected chi connectivity index (χ1v) is 10.8. The van der Waals surface area contributed by atoms with E-state index < -0.39 is 0 Å². The monoisotopic (exact) mass is 428 g/mol. The molecule has 0 bridgehead atoms. The number of amides is 1. The molecule has 0 saturated carbocycles. The number of nitrogens with two attached hydrogens (primary N) is 1. The van der Waals surface area contributed by atoms with Crippen LogP contribution in [0.4, 0.5) is 5.82 Å². The highest BCUT2D eigenvalue weighted by Gasteiger charge is 2.24. The second-order valence-electron chi connectivity index (χ2n) is 9.18. The molecule has 0 saturated heterocycles. The van der Waals surface area contributed by atoms with Gasteiger partial charge in [-0.25, -0.2) is 9.97 Å². The van der Waals surface area contributed by atoms with Crippen LogP contribution in [0.25, 0.3) is 11.3 Å². The van der Waals surface area contributed by atoms with Gasteiger partial charge < -0.3 is 16.5 Å². The molecule has 32 heavy (non-hydrogen) atoms. The molecule has 7 heteroatoms. The fraction of sp³-hybridized carbons (Fsp3) is 0.320. The van der Waals surface area contributed by atoms with Crippen molar-refractivity contribution in [2.45, 2.75) is 51.5 Å². The van der Waals surface area contributed by atoms with E-state index in [1.165, 1.54) is 18.1 Å². The van der Waals surface area contributed by atoms with E-state index in [0.717, 1.165) is 36.1 Å². The van der Waals surface area contributed by atoms with E-state index >= 15 is 0 Å². The SMILES string of the molecule is CC(C)(C)c1ccc(C(=O)NC2CCCc3cc(-c4ncnc(N)c4C=N)ccc32)cn1. The van der Waals surface area contributed by atoms with Crippen molar-refractivity contribution in [1.82, 2.24) is 20.3 Å². The Morgan fingerprint density at radius 3 is 2.69 bits per heavy atom. The van der Waals surface area contributed by atoms with Crippen molar-refractivity contribution in [3.05, 3.63) is 70.8 Å². The third-order valence-electron chi connectivity index (χ3n) is 5.89. The average Bonchev–Trinajstić information content (AvgIpc) is 2.78. The summed E-state index contributed by atoms with van der Waals surface area (Å²) < 4.78 is 0. The number of aromatic nitrogens is 3. The van der Waals surface area contributed by atoms with E-state index in [2.05, 4.69) is 47.1 Å². The van der Waals surface area contributed by atoms with E-state index in [4.69, 9.17) is 11.1 Å². The summed E-state index contributed by atoms with van der Waals surface area (Å²) in [7, 11) is 0. The van der Waals surface area contributed by atoms with Gasteiger partial charge in [0.1, 0.15) is 12.1 Å². The van der Waals surface area contributed by atoms with Gasteiger partial charge in [0.15, 0.2) is 0 Å². The standard InChI is InChI=1S/C25H28N6O/c1-25(2,3)21-10-8-17(13-28-21)24(32)31-20-6-4-5-15-11-16(7-9-18(15)20)22-19(12-26)23(27)30-14-29-22/h7-14,20,26H,4-6H2,1-3H3,(H,31,32)(H2,27,29,30). The number of hydrogen-bond donors (Lipinski definition) is 3. The Morgan fingerprint density at radius 2 is 2.00 bits per heavy atom. The third-order valence-corrected chi connectivity index (χ3v) is 5.89. The number of rotatable bonds is 4. The van der Waals surface area contributed by atoms with Gasteiger partial charge in [-0.05, 0) is 48.6 Å². The van der Waals surface area contributed by atoms with Crippen LogP contribution in [0.3, 0.4) is 0 Å². The molecule has 0 spiro atoms. The van der Waals surface area contributed by atoms with Gasteiger partial charge in [-0.2, -0.15) is 0 Å². The van der Waals surface area contributed by atoms with E-state index in [9.17, 15) is 4.79 Å². The van der Waals surface area contributed by atoms with Crippen molar-refractivity contribution in [2.75, 3.05) is 5.73 Å². The minimum Gasteiger partial charge on any atom is -0.383 e. The number of carbonyl (C=O) groups excluding carboxylic acids is 1. The number of nitrogen functional groups attached to an aromatic ring is 1. The minimum absolute atomic E-state index is 0.0546. The smallest absolute Gasteiger partial charge is 0.253 e. The number of aryl methyl sites for hydroxylation is 1. The number of benzene rings is 1. The van der Waals surface area contributed by atoms with Crippen molar-refractivity contribution in [2.24, 2.45) is 0 Å². The number of pyridine rings is 1. The van der Waals surface area contributed by atoms with Crippen LogP contribution in [0.5, 0.6) is 0 Å². The highest BCUT2D eigenvalue weighted by atomic mass is 16.1. The lowest BCUT2D eigenvalue weighted by Crippen LogP contribution is -2.31. The molecule has 1 unspecified atom stereocenters. The van der Waals surface area contributed by atoms with Gasteiger partial charge >= 0.3 is 0 Å². The van der Waals surface area contributed by atoms with Gasteiger partial charge in [0.05, 0.1) is 22.9 Å². The molecule has 1 aromatic carbocycles. The summed E-state index contributed by atoms with van der Waals surface area (Å²) in [6, 6.07) is 9.81. The van der Waals surface area contributed by atoms with Crippen LogP contribution in [0.2, 0.25) is 0 Å². The number of nitrogens with zero attached hydrogens (tertiary/aromatic N) is 3. The quantitative estimate of drug-likeness (QED) is 0.538. The highest BCUT2D eigenvalue weighted by Crippen LogP contribution is 2.34. The second-order valence-corrected chi connectivity index (χ2v) is 9.18. The number of anilines is 1. The van der Waals surface area contributed by atoms with E-state index in [1.54, 1.807) is 6.20 Å². The average molecular weight is 429 g/mol. The first kappa shape index (κ1) is 21.6. The van der Waals surface area contributed by atoms with Gasteiger partial charge in [0, 0.05) is 29.1 Å². The Kier molecular flexibility index (Phi) is 5.74. The summed E-state index contributed by atoms with van der Waals surface area (Å²) in [4.78, 5) is 25.7. The van der Waals surface area contributed by atoms with Crippen LogP contribution < -0.4 is 11.1 Å². The van der Waals surface area contributed by atoms with Gasteiger partial charge in [-0.1, -0.05) is 32.9 Å². The Labute approximate surface area is 188 Å². The van der Waals surface area contributed by atoms with Gasteiger partial charge in [0.25, 0.3) is 5.91 Å². The Hall–Kier alpha value is -3.61. The molecular formula is C25H28N6O. The normalized spacial score (nSPS) is 15.7. The first-order chi connectivity index (χ1) is 15.3. The molecule has 1 atom stereocenters. The maximum Gasteiger partial charge on any atom is 0.253 e. The lowest BCUT2D eigenvalue weighted by Gasteiger charge is -2.27. The van der Waals surface area contributed by atoms with Gasteiger partial charge in [-0.3, -0.25) is 9.78 Å². The summed E-state index contributed by atoms with van der Waals surface area (Å²) in [5, 5.41) is 10.8.